The smallest absolute Gasteiger partial charge is 0.0311 e. The Morgan fingerprint density at radius 1 is 0.714 bits per heavy atom. The van der Waals surface area contributed by atoms with Gasteiger partial charge in [0.25, 0.3) is 0 Å². The van der Waals surface area contributed by atoms with Crippen molar-refractivity contribution in [3.05, 3.63) is 0 Å². The van der Waals surface area contributed by atoms with Crippen LogP contribution < -0.4 is 0 Å². The van der Waals surface area contributed by atoms with E-state index >= 15 is 0 Å². The molecule has 1 fully saturated rings. The fraction of sp³-hybridized carbons (Fsp3) is 1.00. The molecule has 126 valence electrons. The van der Waals surface area contributed by atoms with Crippen LogP contribution in [-0.4, -0.2) is 0 Å². The predicted octanol–water partition coefficient (Wildman–Crippen LogP) is 7.33. The Hall–Kier alpha value is 0. The van der Waals surface area contributed by atoms with E-state index in [1.165, 1.54) is 32.1 Å². The standard InChI is InChI=1S/C21H42/c1-11-12-13-17-20(7,8)14-18(3,4)16(2)19(5,6)15-21(17,9)10/h16-17H,11-15H2,1-10H3. The van der Waals surface area contributed by atoms with Crippen LogP contribution in [-0.2, 0) is 0 Å². The van der Waals surface area contributed by atoms with Crippen LogP contribution in [0.5, 0.6) is 0 Å². The molecule has 0 bridgehead atoms. The van der Waals surface area contributed by atoms with Crippen molar-refractivity contribution in [1.82, 2.24) is 0 Å². The summed E-state index contributed by atoms with van der Waals surface area (Å²) in [5.74, 6) is 1.59. The van der Waals surface area contributed by atoms with Crippen LogP contribution in [0.3, 0.4) is 0 Å². The molecule has 0 nitrogen and oxygen atoms in total. The van der Waals surface area contributed by atoms with E-state index in [4.69, 9.17) is 0 Å². The van der Waals surface area contributed by atoms with Gasteiger partial charge in [0.2, 0.25) is 0 Å². The SMILES string of the molecule is CCCCC1C(C)(C)CC(C)(C)C(C)C(C)(C)CC1(C)C. The van der Waals surface area contributed by atoms with Gasteiger partial charge in [-0.05, 0) is 52.8 Å². The summed E-state index contributed by atoms with van der Waals surface area (Å²) in [6.07, 6.45) is 6.81. The molecule has 0 atom stereocenters. The van der Waals surface area contributed by atoms with Gasteiger partial charge < -0.3 is 0 Å². The van der Waals surface area contributed by atoms with Crippen molar-refractivity contribution < 1.29 is 0 Å². The maximum absolute atomic E-state index is 2.54. The first-order chi connectivity index (χ1) is 9.26. The minimum atomic E-state index is 0.425. The minimum Gasteiger partial charge on any atom is -0.0654 e. The lowest BCUT2D eigenvalue weighted by atomic mass is 9.48. The van der Waals surface area contributed by atoms with Crippen molar-refractivity contribution in [2.24, 2.45) is 33.5 Å². The molecule has 0 spiro atoms. The first-order valence-electron chi connectivity index (χ1n) is 9.26. The molecular formula is C21H42. The van der Waals surface area contributed by atoms with Gasteiger partial charge in [-0.1, -0.05) is 82.1 Å². The van der Waals surface area contributed by atoms with E-state index in [1.54, 1.807) is 0 Å². The summed E-state index contributed by atoms with van der Waals surface area (Å²) in [6, 6.07) is 0. The summed E-state index contributed by atoms with van der Waals surface area (Å²) in [5.41, 5.74) is 1.72. The van der Waals surface area contributed by atoms with Crippen molar-refractivity contribution in [3.8, 4) is 0 Å². The fourth-order valence-electron chi connectivity index (χ4n) is 6.21. The molecule has 1 aliphatic rings. The minimum absolute atomic E-state index is 0.425. The molecular weight excluding hydrogens is 252 g/mol. The lowest BCUT2D eigenvalue weighted by Crippen LogP contribution is -2.49. The van der Waals surface area contributed by atoms with Crippen LogP contribution in [0.1, 0.15) is 101 Å². The molecule has 0 saturated heterocycles. The van der Waals surface area contributed by atoms with E-state index in [9.17, 15) is 0 Å². The Bertz CT molecular complexity index is 313. The quantitative estimate of drug-likeness (QED) is 0.511. The van der Waals surface area contributed by atoms with E-state index < -0.39 is 0 Å². The molecule has 0 heteroatoms. The second kappa shape index (κ2) is 5.89. The predicted molar refractivity (Wildman–Crippen MR) is 96.5 cm³/mol. The Morgan fingerprint density at radius 3 is 1.43 bits per heavy atom. The second-order valence-electron chi connectivity index (χ2n) is 10.7. The molecule has 1 saturated carbocycles. The van der Waals surface area contributed by atoms with E-state index in [0.717, 1.165) is 11.8 Å². The highest BCUT2D eigenvalue weighted by Crippen LogP contribution is 2.60. The van der Waals surface area contributed by atoms with Gasteiger partial charge >= 0.3 is 0 Å². The topological polar surface area (TPSA) is 0 Å². The van der Waals surface area contributed by atoms with Crippen LogP contribution in [0.2, 0.25) is 0 Å². The molecule has 0 N–H and O–H groups in total. The highest BCUT2D eigenvalue weighted by Gasteiger charge is 2.51. The third kappa shape index (κ3) is 4.05. The zero-order valence-corrected chi connectivity index (χ0v) is 16.7. The van der Waals surface area contributed by atoms with Gasteiger partial charge in [-0.15, -0.1) is 0 Å². The Balaban J connectivity index is 3.25. The molecule has 1 aliphatic carbocycles. The molecule has 0 heterocycles. The van der Waals surface area contributed by atoms with Gasteiger partial charge in [0.05, 0.1) is 0 Å². The van der Waals surface area contributed by atoms with Gasteiger partial charge in [-0.2, -0.15) is 0 Å². The van der Waals surface area contributed by atoms with E-state index in [1.807, 2.05) is 0 Å². The van der Waals surface area contributed by atoms with Crippen molar-refractivity contribution in [2.45, 2.75) is 101 Å². The maximum atomic E-state index is 2.54. The lowest BCUT2D eigenvalue weighted by Gasteiger charge is -2.57. The highest BCUT2D eigenvalue weighted by atomic mass is 14.6. The van der Waals surface area contributed by atoms with Gasteiger partial charge in [-0.3, -0.25) is 0 Å². The summed E-state index contributed by atoms with van der Waals surface area (Å²) in [5, 5.41) is 0. The Labute approximate surface area is 135 Å². The largest absolute Gasteiger partial charge is 0.0654 e. The number of hydrogen-bond donors (Lipinski definition) is 0. The molecule has 1 rings (SSSR count). The van der Waals surface area contributed by atoms with Crippen LogP contribution >= 0.6 is 0 Å². The third-order valence-electron chi connectivity index (χ3n) is 6.90. The van der Waals surface area contributed by atoms with Crippen LogP contribution in [0.4, 0.5) is 0 Å². The molecule has 0 aliphatic heterocycles. The molecule has 0 unspecified atom stereocenters. The molecule has 0 amide bonds. The number of rotatable bonds is 3. The fourth-order valence-corrected chi connectivity index (χ4v) is 6.21. The van der Waals surface area contributed by atoms with E-state index in [-0.39, 0.29) is 0 Å². The Kier molecular flexibility index (Phi) is 5.35. The first-order valence-corrected chi connectivity index (χ1v) is 9.26. The zero-order chi connectivity index (χ0) is 16.7. The molecule has 0 aromatic heterocycles. The summed E-state index contributed by atoms with van der Waals surface area (Å²) in [7, 11) is 0. The molecule has 0 aromatic carbocycles. The van der Waals surface area contributed by atoms with Crippen LogP contribution in [0.25, 0.3) is 0 Å². The Morgan fingerprint density at radius 2 is 1.10 bits per heavy atom. The third-order valence-corrected chi connectivity index (χ3v) is 6.90. The summed E-state index contributed by atoms with van der Waals surface area (Å²) >= 11 is 0. The average molecular weight is 295 g/mol. The van der Waals surface area contributed by atoms with Crippen LogP contribution in [0.15, 0.2) is 0 Å². The van der Waals surface area contributed by atoms with Crippen molar-refractivity contribution in [2.75, 3.05) is 0 Å². The summed E-state index contributed by atoms with van der Waals surface area (Å²) < 4.78 is 0. The van der Waals surface area contributed by atoms with Crippen molar-refractivity contribution >= 4 is 0 Å². The molecule has 21 heavy (non-hydrogen) atoms. The monoisotopic (exact) mass is 294 g/mol. The zero-order valence-electron chi connectivity index (χ0n) is 16.7. The van der Waals surface area contributed by atoms with E-state index in [0.29, 0.717) is 21.7 Å². The van der Waals surface area contributed by atoms with Gasteiger partial charge in [0, 0.05) is 0 Å². The highest BCUT2D eigenvalue weighted by molar-refractivity contribution is 5.00. The maximum Gasteiger partial charge on any atom is -0.0311 e. The normalized spacial score (nSPS) is 34.0. The van der Waals surface area contributed by atoms with Crippen LogP contribution in [0, 0.1) is 33.5 Å². The van der Waals surface area contributed by atoms with Crippen molar-refractivity contribution in [1.29, 1.82) is 0 Å². The number of hydrogen-bond acceptors (Lipinski definition) is 0. The first kappa shape index (κ1) is 19.0. The van der Waals surface area contributed by atoms with Crippen molar-refractivity contribution in [3.63, 3.8) is 0 Å². The summed E-state index contributed by atoms with van der Waals surface area (Å²) in [6.45, 7) is 25.0. The van der Waals surface area contributed by atoms with Gasteiger partial charge in [-0.25, -0.2) is 0 Å². The molecule has 0 aromatic rings. The lowest BCUT2D eigenvalue weighted by molar-refractivity contribution is -0.0766. The number of unbranched alkanes of at least 4 members (excludes halogenated alkanes) is 1. The molecule has 0 radical (unpaired) electrons. The van der Waals surface area contributed by atoms with E-state index in [2.05, 4.69) is 69.2 Å². The second-order valence-corrected chi connectivity index (χ2v) is 10.7. The summed E-state index contributed by atoms with van der Waals surface area (Å²) in [4.78, 5) is 0. The van der Waals surface area contributed by atoms with Gasteiger partial charge in [0.15, 0.2) is 0 Å². The van der Waals surface area contributed by atoms with Gasteiger partial charge in [0.1, 0.15) is 0 Å². The average Bonchev–Trinajstić information content (AvgIpc) is 2.23.